The zero-order valence-corrected chi connectivity index (χ0v) is 14.5. The minimum absolute atomic E-state index is 0.00323. The van der Waals surface area contributed by atoms with Gasteiger partial charge in [0.05, 0.1) is 7.11 Å². The fourth-order valence-electron chi connectivity index (χ4n) is 3.67. The molecule has 1 aromatic carbocycles. The lowest BCUT2D eigenvalue weighted by molar-refractivity contribution is -0.151. The summed E-state index contributed by atoms with van der Waals surface area (Å²) < 4.78 is 4.75. The number of carbonyl (C=O) groups excluding carboxylic acids is 2. The minimum Gasteiger partial charge on any atom is -0.468 e. The van der Waals surface area contributed by atoms with E-state index in [9.17, 15) is 9.59 Å². The van der Waals surface area contributed by atoms with Crippen molar-refractivity contribution >= 4 is 22.7 Å². The van der Waals surface area contributed by atoms with Crippen molar-refractivity contribution in [3.63, 3.8) is 0 Å². The molecular weight excluding hydrogens is 304 g/mol. The van der Waals surface area contributed by atoms with E-state index < -0.39 is 11.9 Å². The van der Waals surface area contributed by atoms with Gasteiger partial charge in [-0.15, -0.1) is 0 Å². The summed E-state index contributed by atoms with van der Waals surface area (Å²) in [7, 11) is 1.34. The van der Waals surface area contributed by atoms with Gasteiger partial charge in [-0.1, -0.05) is 6.07 Å². The van der Waals surface area contributed by atoms with E-state index >= 15 is 0 Å². The molecule has 0 saturated carbocycles. The number of Topliss-reactive ketones (excluding diaryl/α,β-unsaturated/α-hetero) is 1. The number of aromatic nitrogens is 1. The number of nitrogens with zero attached hydrogens (tertiary/aromatic N) is 1. The molecular formula is C19H24N2O3. The number of aryl methyl sites for hydroxylation is 2. The normalized spacial score (nSPS) is 19.0. The highest BCUT2D eigenvalue weighted by atomic mass is 16.5. The molecule has 1 aliphatic heterocycles. The van der Waals surface area contributed by atoms with Gasteiger partial charge in [0.15, 0.2) is 0 Å². The van der Waals surface area contributed by atoms with Gasteiger partial charge in [0.1, 0.15) is 11.7 Å². The summed E-state index contributed by atoms with van der Waals surface area (Å²) >= 11 is 0. The van der Waals surface area contributed by atoms with E-state index in [1.807, 2.05) is 0 Å². The molecule has 1 aromatic heterocycles. The Balaban J connectivity index is 1.70. The summed E-state index contributed by atoms with van der Waals surface area (Å²) in [6.07, 6.45) is 3.39. The number of carbonyl (C=O) groups is 2. The van der Waals surface area contributed by atoms with Gasteiger partial charge in [-0.05, 0) is 43.0 Å². The van der Waals surface area contributed by atoms with Crippen LogP contribution in [0.2, 0.25) is 0 Å². The molecule has 1 saturated heterocycles. The molecule has 3 rings (SSSR count). The Labute approximate surface area is 142 Å². The zero-order chi connectivity index (χ0) is 17.3. The number of benzene rings is 1. The van der Waals surface area contributed by atoms with E-state index in [1.54, 1.807) is 0 Å². The molecule has 0 aliphatic carbocycles. The second-order valence-electron chi connectivity index (χ2n) is 6.66. The van der Waals surface area contributed by atoms with Crippen molar-refractivity contribution in [2.24, 2.45) is 5.92 Å². The van der Waals surface area contributed by atoms with E-state index in [2.05, 4.69) is 42.1 Å². The van der Waals surface area contributed by atoms with E-state index in [0.717, 1.165) is 13.0 Å². The lowest BCUT2D eigenvalue weighted by Gasteiger charge is -2.30. The molecule has 0 bridgehead atoms. The summed E-state index contributed by atoms with van der Waals surface area (Å²) in [5.41, 5.74) is 4.99. The molecule has 2 heterocycles. The van der Waals surface area contributed by atoms with Crippen LogP contribution in [0.15, 0.2) is 18.3 Å². The number of hydrogen-bond donors (Lipinski definition) is 1. The highest BCUT2D eigenvalue weighted by molar-refractivity contribution is 5.99. The maximum Gasteiger partial charge on any atom is 0.317 e. The predicted octanol–water partition coefficient (Wildman–Crippen LogP) is 2.39. The van der Waals surface area contributed by atoms with Crippen LogP contribution in [-0.4, -0.2) is 48.4 Å². The van der Waals surface area contributed by atoms with Crippen LogP contribution in [0.5, 0.6) is 0 Å². The van der Waals surface area contributed by atoms with Gasteiger partial charge in [-0.2, -0.15) is 0 Å². The summed E-state index contributed by atoms with van der Waals surface area (Å²) in [4.78, 5) is 29.2. The number of ketones is 1. The van der Waals surface area contributed by atoms with Crippen LogP contribution in [0.3, 0.4) is 0 Å². The van der Waals surface area contributed by atoms with Crippen molar-refractivity contribution in [3.05, 3.63) is 35.0 Å². The minimum atomic E-state index is -0.629. The second kappa shape index (κ2) is 6.77. The van der Waals surface area contributed by atoms with Gasteiger partial charge in [-0.25, -0.2) is 0 Å². The van der Waals surface area contributed by atoms with E-state index in [4.69, 9.17) is 4.74 Å². The lowest BCUT2D eigenvalue weighted by Crippen LogP contribution is -2.45. The van der Waals surface area contributed by atoms with Crippen LogP contribution < -0.4 is 0 Å². The number of nitrogens with one attached hydrogen (secondary N) is 1. The maximum atomic E-state index is 11.9. The number of fused-ring (bicyclic) bond motifs is 1. The number of H-pyrrole nitrogens is 1. The molecule has 2 aromatic rings. The van der Waals surface area contributed by atoms with Gasteiger partial charge >= 0.3 is 5.97 Å². The average molecular weight is 328 g/mol. The molecule has 1 unspecified atom stereocenters. The molecule has 0 radical (unpaired) electrons. The van der Waals surface area contributed by atoms with E-state index in [0.29, 0.717) is 19.5 Å². The first-order chi connectivity index (χ1) is 11.5. The maximum absolute atomic E-state index is 11.9. The summed E-state index contributed by atoms with van der Waals surface area (Å²) in [6.45, 7) is 6.25. The zero-order valence-electron chi connectivity index (χ0n) is 14.5. The fourth-order valence-corrected chi connectivity index (χ4v) is 3.67. The molecule has 5 nitrogen and oxygen atoms in total. The first-order valence-electron chi connectivity index (χ1n) is 8.39. The summed E-state index contributed by atoms with van der Waals surface area (Å²) in [5.74, 6) is -1.05. The first kappa shape index (κ1) is 16.7. The number of methoxy groups -OCH3 is 1. The number of esters is 1. The Morgan fingerprint density at radius 3 is 2.92 bits per heavy atom. The van der Waals surface area contributed by atoms with Crippen LogP contribution in [0.4, 0.5) is 0 Å². The molecule has 24 heavy (non-hydrogen) atoms. The van der Waals surface area contributed by atoms with E-state index in [1.165, 1.54) is 34.7 Å². The number of ether oxygens (including phenoxy) is 1. The predicted molar refractivity (Wildman–Crippen MR) is 93.0 cm³/mol. The van der Waals surface area contributed by atoms with E-state index in [-0.39, 0.29) is 5.78 Å². The second-order valence-corrected chi connectivity index (χ2v) is 6.66. The highest BCUT2D eigenvalue weighted by Gasteiger charge is 2.33. The van der Waals surface area contributed by atoms with Crippen LogP contribution in [0.25, 0.3) is 10.9 Å². The molecule has 1 atom stereocenters. The number of likely N-dealkylation sites (tertiary alicyclic amines) is 1. The molecule has 1 N–H and O–H groups in total. The SMILES string of the molecule is COC(=O)C1CN(CCc2c[nH]c3cc(C)cc(C)c23)CCC1=O. The largest absolute Gasteiger partial charge is 0.468 e. The number of aromatic amines is 1. The Hall–Kier alpha value is -2.14. The quantitative estimate of drug-likeness (QED) is 0.691. The van der Waals surface area contributed by atoms with Crippen molar-refractivity contribution in [2.75, 3.05) is 26.7 Å². The van der Waals surface area contributed by atoms with Crippen LogP contribution in [0, 0.1) is 19.8 Å². The van der Waals surface area contributed by atoms with Gasteiger partial charge in [0, 0.05) is 43.2 Å². The molecule has 1 aliphatic rings. The van der Waals surface area contributed by atoms with Crippen molar-refractivity contribution < 1.29 is 14.3 Å². The molecule has 0 spiro atoms. The number of rotatable bonds is 4. The lowest BCUT2D eigenvalue weighted by atomic mass is 9.96. The van der Waals surface area contributed by atoms with Crippen LogP contribution in [0.1, 0.15) is 23.1 Å². The molecule has 0 amide bonds. The monoisotopic (exact) mass is 328 g/mol. The van der Waals surface area contributed by atoms with Gasteiger partial charge in [0.2, 0.25) is 0 Å². The highest BCUT2D eigenvalue weighted by Crippen LogP contribution is 2.25. The van der Waals surface area contributed by atoms with Gasteiger partial charge in [0.25, 0.3) is 0 Å². The standard InChI is InChI=1S/C19H24N2O3/c1-12-8-13(2)18-14(10-20-16(18)9-12)4-6-21-7-5-17(22)15(11-21)19(23)24-3/h8-10,15,20H,4-7,11H2,1-3H3. The molecule has 1 fully saturated rings. The number of piperidine rings is 1. The fraction of sp³-hybridized carbons (Fsp3) is 0.474. The Morgan fingerprint density at radius 1 is 1.38 bits per heavy atom. The third-order valence-electron chi connectivity index (χ3n) is 4.89. The first-order valence-corrected chi connectivity index (χ1v) is 8.39. The summed E-state index contributed by atoms with van der Waals surface area (Å²) in [5, 5.41) is 1.29. The van der Waals surface area contributed by atoms with Crippen molar-refractivity contribution in [2.45, 2.75) is 26.7 Å². The smallest absolute Gasteiger partial charge is 0.317 e. The third kappa shape index (κ3) is 3.22. The molecule has 5 heteroatoms. The van der Waals surface area contributed by atoms with Crippen molar-refractivity contribution in [1.29, 1.82) is 0 Å². The van der Waals surface area contributed by atoms with Crippen LogP contribution in [-0.2, 0) is 20.7 Å². The topological polar surface area (TPSA) is 62.4 Å². The number of hydrogen-bond acceptors (Lipinski definition) is 4. The summed E-state index contributed by atoms with van der Waals surface area (Å²) in [6, 6.07) is 4.37. The Bertz CT molecular complexity index is 770. The Kier molecular flexibility index (Phi) is 4.71. The van der Waals surface area contributed by atoms with Crippen LogP contribution >= 0.6 is 0 Å². The van der Waals surface area contributed by atoms with Crippen molar-refractivity contribution in [1.82, 2.24) is 9.88 Å². The Morgan fingerprint density at radius 2 is 2.17 bits per heavy atom. The van der Waals surface area contributed by atoms with Gasteiger partial charge in [-0.3, -0.25) is 9.59 Å². The van der Waals surface area contributed by atoms with Gasteiger partial charge < -0.3 is 14.6 Å². The average Bonchev–Trinajstić information content (AvgIpc) is 2.96. The third-order valence-corrected chi connectivity index (χ3v) is 4.89. The molecule has 128 valence electrons. The van der Waals surface area contributed by atoms with Crippen molar-refractivity contribution in [3.8, 4) is 0 Å².